The van der Waals surface area contributed by atoms with Crippen molar-refractivity contribution >= 4 is 23.3 Å². The van der Waals surface area contributed by atoms with Crippen molar-refractivity contribution < 1.29 is 9.53 Å². The first-order chi connectivity index (χ1) is 10.6. The molecule has 0 atom stereocenters. The lowest BCUT2D eigenvalue weighted by molar-refractivity contribution is 0.0601. The van der Waals surface area contributed by atoms with Crippen molar-refractivity contribution in [1.82, 2.24) is 9.97 Å². The molecule has 1 aliphatic carbocycles. The van der Waals surface area contributed by atoms with Crippen molar-refractivity contribution in [1.29, 1.82) is 0 Å². The first-order valence-electron chi connectivity index (χ1n) is 7.21. The largest absolute Gasteiger partial charge is 0.465 e. The van der Waals surface area contributed by atoms with Gasteiger partial charge in [0.2, 0.25) is 0 Å². The van der Waals surface area contributed by atoms with Gasteiger partial charge in [0, 0.05) is 17.8 Å². The van der Waals surface area contributed by atoms with Gasteiger partial charge in [0.05, 0.1) is 12.7 Å². The monoisotopic (exact) mass is 298 g/mol. The average Bonchev–Trinajstić information content (AvgIpc) is 3.30. The minimum absolute atomic E-state index is 0.347. The molecule has 0 amide bonds. The van der Waals surface area contributed by atoms with E-state index < -0.39 is 0 Å². The number of hydrogen-bond donors (Lipinski definition) is 2. The highest BCUT2D eigenvalue weighted by Gasteiger charge is 2.21. The molecule has 2 aromatic rings. The predicted molar refractivity (Wildman–Crippen MR) is 84.5 cm³/mol. The smallest absolute Gasteiger partial charge is 0.337 e. The van der Waals surface area contributed by atoms with E-state index in [1.165, 1.54) is 20.0 Å². The normalized spacial score (nSPS) is 13.5. The van der Waals surface area contributed by atoms with Crippen LogP contribution in [0.15, 0.2) is 30.3 Å². The summed E-state index contributed by atoms with van der Waals surface area (Å²) in [5.41, 5.74) is 1.37. The zero-order chi connectivity index (χ0) is 15.5. The zero-order valence-corrected chi connectivity index (χ0v) is 12.6. The number of nitrogens with one attached hydrogen (secondary N) is 2. The minimum atomic E-state index is -0.347. The Hall–Kier alpha value is -2.63. The fourth-order valence-corrected chi connectivity index (χ4v) is 2.10. The molecule has 1 saturated carbocycles. The molecule has 1 aromatic carbocycles. The lowest BCUT2D eigenvalue weighted by atomic mass is 10.2. The zero-order valence-electron chi connectivity index (χ0n) is 12.6. The van der Waals surface area contributed by atoms with Crippen molar-refractivity contribution in [3.05, 3.63) is 41.7 Å². The molecule has 0 saturated heterocycles. The molecule has 6 heteroatoms. The average molecular weight is 298 g/mol. The maximum atomic E-state index is 11.4. The minimum Gasteiger partial charge on any atom is -0.465 e. The highest BCUT2D eigenvalue weighted by molar-refractivity contribution is 5.89. The number of anilines is 3. The lowest BCUT2D eigenvalue weighted by Crippen LogP contribution is -2.06. The second-order valence-electron chi connectivity index (χ2n) is 5.30. The highest BCUT2D eigenvalue weighted by Crippen LogP contribution is 2.25. The third kappa shape index (κ3) is 3.52. The second kappa shape index (κ2) is 6.01. The molecular weight excluding hydrogens is 280 g/mol. The molecule has 114 valence electrons. The van der Waals surface area contributed by atoms with E-state index in [2.05, 4.69) is 25.3 Å². The van der Waals surface area contributed by atoms with Crippen LogP contribution >= 0.6 is 0 Å². The summed E-state index contributed by atoms with van der Waals surface area (Å²) in [7, 11) is 1.37. The molecule has 0 unspecified atom stereocenters. The van der Waals surface area contributed by atoms with E-state index in [0.717, 1.165) is 17.3 Å². The fourth-order valence-electron chi connectivity index (χ4n) is 2.10. The number of rotatable bonds is 5. The van der Waals surface area contributed by atoms with Crippen LogP contribution in [0.25, 0.3) is 0 Å². The van der Waals surface area contributed by atoms with E-state index in [0.29, 0.717) is 17.4 Å². The van der Waals surface area contributed by atoms with Crippen molar-refractivity contribution in [2.75, 3.05) is 17.7 Å². The molecule has 1 fully saturated rings. The summed E-state index contributed by atoms with van der Waals surface area (Å²) in [6.45, 7) is 1.86. The Balaban J connectivity index is 1.74. The molecule has 0 aliphatic heterocycles. The van der Waals surface area contributed by atoms with Gasteiger partial charge >= 0.3 is 5.97 Å². The number of carbonyl (C=O) groups excluding carboxylic acids is 1. The number of carbonyl (C=O) groups is 1. The predicted octanol–water partition coefficient (Wildman–Crippen LogP) is 2.89. The molecule has 0 radical (unpaired) electrons. The van der Waals surface area contributed by atoms with E-state index >= 15 is 0 Å². The number of hydrogen-bond acceptors (Lipinski definition) is 6. The van der Waals surface area contributed by atoms with Gasteiger partial charge in [-0.15, -0.1) is 0 Å². The number of esters is 1. The SMILES string of the molecule is COC(=O)c1ccc(Nc2cc(NC3CC3)nc(C)n2)cc1. The van der Waals surface area contributed by atoms with Crippen molar-refractivity contribution in [3.8, 4) is 0 Å². The summed E-state index contributed by atoms with van der Waals surface area (Å²) >= 11 is 0. The Bertz CT molecular complexity index is 681. The summed E-state index contributed by atoms with van der Waals surface area (Å²) in [6.07, 6.45) is 2.39. The van der Waals surface area contributed by atoms with Gasteiger partial charge in [-0.1, -0.05) is 0 Å². The standard InChI is InChI=1S/C16H18N4O2/c1-10-17-14(9-15(18-10)20-13-7-8-13)19-12-5-3-11(4-6-12)16(21)22-2/h3-6,9,13H,7-8H2,1-2H3,(H2,17,18,19,20). The van der Waals surface area contributed by atoms with Gasteiger partial charge in [-0.3, -0.25) is 0 Å². The number of benzene rings is 1. The van der Waals surface area contributed by atoms with Crippen LogP contribution in [0.4, 0.5) is 17.3 Å². The summed E-state index contributed by atoms with van der Waals surface area (Å²) in [4.78, 5) is 20.2. The maximum Gasteiger partial charge on any atom is 0.337 e. The van der Waals surface area contributed by atoms with Crippen molar-refractivity contribution in [3.63, 3.8) is 0 Å². The lowest BCUT2D eigenvalue weighted by Gasteiger charge is -2.10. The molecule has 2 N–H and O–H groups in total. The molecule has 0 spiro atoms. The fraction of sp³-hybridized carbons (Fsp3) is 0.312. The van der Waals surface area contributed by atoms with Crippen LogP contribution in [0.1, 0.15) is 29.0 Å². The number of nitrogens with zero attached hydrogens (tertiary/aromatic N) is 2. The molecule has 0 bridgehead atoms. The van der Waals surface area contributed by atoms with Crippen molar-refractivity contribution in [2.24, 2.45) is 0 Å². The van der Waals surface area contributed by atoms with Crippen molar-refractivity contribution in [2.45, 2.75) is 25.8 Å². The van der Waals surface area contributed by atoms with Crippen LogP contribution in [-0.4, -0.2) is 29.1 Å². The Morgan fingerprint density at radius 3 is 2.50 bits per heavy atom. The highest BCUT2D eigenvalue weighted by atomic mass is 16.5. The van der Waals surface area contributed by atoms with Gasteiger partial charge < -0.3 is 15.4 Å². The summed E-state index contributed by atoms with van der Waals surface area (Å²) in [5.74, 6) is 1.92. The molecular formula is C16H18N4O2. The quantitative estimate of drug-likeness (QED) is 0.827. The Morgan fingerprint density at radius 2 is 1.86 bits per heavy atom. The number of aryl methyl sites for hydroxylation is 1. The topological polar surface area (TPSA) is 76.1 Å². The molecule has 3 rings (SSSR count). The van der Waals surface area contributed by atoms with E-state index in [-0.39, 0.29) is 5.97 Å². The van der Waals surface area contributed by atoms with Gasteiger partial charge in [0.15, 0.2) is 0 Å². The summed E-state index contributed by atoms with van der Waals surface area (Å²) in [5, 5.41) is 6.58. The molecule has 1 heterocycles. The van der Waals surface area contributed by atoms with E-state index in [9.17, 15) is 4.79 Å². The van der Waals surface area contributed by atoms with Gasteiger partial charge in [-0.25, -0.2) is 14.8 Å². The van der Waals surface area contributed by atoms with Crippen LogP contribution in [0.2, 0.25) is 0 Å². The first-order valence-corrected chi connectivity index (χ1v) is 7.21. The molecule has 22 heavy (non-hydrogen) atoms. The third-order valence-corrected chi connectivity index (χ3v) is 3.35. The Labute approximate surface area is 128 Å². The van der Waals surface area contributed by atoms with E-state index in [1.54, 1.807) is 12.1 Å². The maximum absolute atomic E-state index is 11.4. The third-order valence-electron chi connectivity index (χ3n) is 3.35. The van der Waals surface area contributed by atoms with Crippen LogP contribution in [0.3, 0.4) is 0 Å². The molecule has 1 aliphatic rings. The van der Waals surface area contributed by atoms with Crippen LogP contribution < -0.4 is 10.6 Å². The van der Waals surface area contributed by atoms with Gasteiger partial charge in [-0.05, 0) is 44.0 Å². The molecule has 1 aromatic heterocycles. The van der Waals surface area contributed by atoms with Crippen LogP contribution in [0, 0.1) is 6.92 Å². The summed E-state index contributed by atoms with van der Waals surface area (Å²) < 4.78 is 4.68. The molecule has 6 nitrogen and oxygen atoms in total. The van der Waals surface area contributed by atoms with Crippen LogP contribution in [0.5, 0.6) is 0 Å². The Morgan fingerprint density at radius 1 is 1.18 bits per heavy atom. The first kappa shape index (κ1) is 14.3. The van der Waals surface area contributed by atoms with E-state index in [1.807, 2.05) is 25.1 Å². The number of ether oxygens (including phenoxy) is 1. The van der Waals surface area contributed by atoms with Crippen LogP contribution in [-0.2, 0) is 4.74 Å². The number of aromatic nitrogens is 2. The Kier molecular flexibility index (Phi) is 3.91. The van der Waals surface area contributed by atoms with Gasteiger partial charge in [0.25, 0.3) is 0 Å². The number of methoxy groups -OCH3 is 1. The summed E-state index contributed by atoms with van der Waals surface area (Å²) in [6, 6.07) is 9.49. The van der Waals surface area contributed by atoms with Gasteiger partial charge in [0.1, 0.15) is 17.5 Å². The van der Waals surface area contributed by atoms with Gasteiger partial charge in [-0.2, -0.15) is 0 Å². The van der Waals surface area contributed by atoms with E-state index in [4.69, 9.17) is 0 Å². The second-order valence-corrected chi connectivity index (χ2v) is 5.30.